The van der Waals surface area contributed by atoms with Crippen LogP contribution in [0.1, 0.15) is 32.2 Å². The van der Waals surface area contributed by atoms with Gasteiger partial charge < -0.3 is 15.0 Å². The molecule has 0 bridgehead atoms. The molecule has 2 aromatic rings. The van der Waals surface area contributed by atoms with E-state index in [2.05, 4.69) is 34.1 Å². The summed E-state index contributed by atoms with van der Waals surface area (Å²) >= 11 is 7.11. The van der Waals surface area contributed by atoms with Crippen molar-refractivity contribution in [2.24, 2.45) is 7.05 Å². The van der Waals surface area contributed by atoms with Gasteiger partial charge in [-0.1, -0.05) is 0 Å². The van der Waals surface area contributed by atoms with Crippen molar-refractivity contribution in [3.8, 4) is 0 Å². The summed E-state index contributed by atoms with van der Waals surface area (Å²) in [6.07, 6.45) is 0. The topological polar surface area (TPSA) is 62.6 Å². The minimum Gasteiger partial charge on any atom is -0.465 e. The van der Waals surface area contributed by atoms with E-state index < -0.39 is 0 Å². The molecule has 1 saturated heterocycles. The molecule has 3 rings (SSSR count). The number of aryl methyl sites for hydroxylation is 3. The molecule has 28 heavy (non-hydrogen) atoms. The van der Waals surface area contributed by atoms with Gasteiger partial charge in [-0.25, -0.2) is 4.79 Å². The Morgan fingerprint density at radius 1 is 1.29 bits per heavy atom. The molecule has 0 aromatic carbocycles. The summed E-state index contributed by atoms with van der Waals surface area (Å²) in [5.41, 5.74) is 4.17. The number of piperazine rings is 1. The second kappa shape index (κ2) is 8.59. The van der Waals surface area contributed by atoms with Gasteiger partial charge >= 0.3 is 5.97 Å². The first-order valence-electron chi connectivity index (χ1n) is 9.26. The molecule has 0 spiro atoms. The van der Waals surface area contributed by atoms with E-state index in [9.17, 15) is 4.79 Å². The smallest absolute Gasteiger partial charge is 0.340 e. The normalized spacial score (nSPS) is 15.0. The number of thiophene rings is 1. The van der Waals surface area contributed by atoms with Gasteiger partial charge in [0.05, 0.1) is 18.4 Å². The summed E-state index contributed by atoms with van der Waals surface area (Å²) < 4.78 is 6.81. The fourth-order valence-corrected chi connectivity index (χ4v) is 4.67. The predicted octanol–water partition coefficient (Wildman–Crippen LogP) is 2.71. The van der Waals surface area contributed by atoms with E-state index in [4.69, 9.17) is 17.0 Å². The highest BCUT2D eigenvalue weighted by molar-refractivity contribution is 7.80. The molecule has 2 aromatic heterocycles. The maximum atomic E-state index is 12.0. The number of ether oxygens (including phenoxy) is 1. The molecule has 0 saturated carbocycles. The van der Waals surface area contributed by atoms with Crippen LogP contribution < -0.4 is 5.32 Å². The Morgan fingerprint density at radius 2 is 1.96 bits per heavy atom. The Hall–Kier alpha value is -1.97. The van der Waals surface area contributed by atoms with Gasteiger partial charge in [0.25, 0.3) is 0 Å². The maximum absolute atomic E-state index is 12.0. The zero-order valence-electron chi connectivity index (χ0n) is 17.0. The third-order valence-corrected chi connectivity index (χ3v) is 6.51. The second-order valence-corrected chi connectivity index (χ2v) is 8.70. The van der Waals surface area contributed by atoms with Gasteiger partial charge in [0.15, 0.2) is 5.11 Å². The van der Waals surface area contributed by atoms with Crippen LogP contribution in [0.15, 0.2) is 6.07 Å². The van der Waals surface area contributed by atoms with E-state index in [1.165, 1.54) is 29.7 Å². The monoisotopic (exact) mass is 421 g/mol. The summed E-state index contributed by atoms with van der Waals surface area (Å²) in [5, 5.41) is 9.16. The predicted molar refractivity (Wildman–Crippen MR) is 116 cm³/mol. The second-order valence-electron chi connectivity index (χ2n) is 7.06. The van der Waals surface area contributed by atoms with Gasteiger partial charge in [-0.15, -0.1) is 11.3 Å². The highest BCUT2D eigenvalue weighted by Crippen LogP contribution is 2.28. The molecular formula is C19H27N5O2S2. The lowest BCUT2D eigenvalue weighted by Crippen LogP contribution is -2.49. The number of esters is 1. The summed E-state index contributed by atoms with van der Waals surface area (Å²) in [6.45, 7) is 10.6. The first-order valence-corrected chi connectivity index (χ1v) is 10.5. The highest BCUT2D eigenvalue weighted by Gasteiger charge is 2.23. The number of carbonyl (C=O) groups is 1. The molecule has 0 aliphatic carbocycles. The number of hydrogen-bond acceptors (Lipinski definition) is 6. The van der Waals surface area contributed by atoms with E-state index in [1.54, 1.807) is 0 Å². The number of anilines is 1. The van der Waals surface area contributed by atoms with Gasteiger partial charge in [0.1, 0.15) is 5.00 Å². The molecule has 0 radical (unpaired) electrons. The Labute approximate surface area is 175 Å². The third kappa shape index (κ3) is 4.37. The standard InChI is InChI=1S/C19H27N5O2S2/c1-12-10-15(18(25)26-5)17(28-12)20-19(27)24-8-6-23(7-9-24)11-16-13(2)21-22(4)14(16)3/h10H,6-9,11H2,1-5H3,(H,20,27). The molecule has 1 aliphatic heterocycles. The first kappa shape index (κ1) is 20.8. The van der Waals surface area contributed by atoms with Crippen molar-refractivity contribution >= 4 is 39.6 Å². The summed E-state index contributed by atoms with van der Waals surface area (Å²) in [5.74, 6) is -0.346. The number of methoxy groups -OCH3 is 1. The van der Waals surface area contributed by atoms with Crippen molar-refractivity contribution in [1.29, 1.82) is 0 Å². The molecule has 9 heteroatoms. The zero-order valence-corrected chi connectivity index (χ0v) is 18.7. The number of hydrogen-bond donors (Lipinski definition) is 1. The number of carbonyl (C=O) groups excluding carboxylic acids is 1. The van der Waals surface area contributed by atoms with Crippen molar-refractivity contribution in [2.75, 3.05) is 38.6 Å². The molecule has 1 N–H and O–H groups in total. The van der Waals surface area contributed by atoms with Crippen molar-refractivity contribution < 1.29 is 9.53 Å². The lowest BCUT2D eigenvalue weighted by molar-refractivity contribution is 0.0602. The fourth-order valence-electron chi connectivity index (χ4n) is 3.42. The van der Waals surface area contributed by atoms with E-state index in [-0.39, 0.29) is 5.97 Å². The van der Waals surface area contributed by atoms with Crippen LogP contribution in [-0.2, 0) is 18.3 Å². The summed E-state index contributed by atoms with van der Waals surface area (Å²) in [7, 11) is 3.38. The van der Waals surface area contributed by atoms with Crippen molar-refractivity contribution in [3.05, 3.63) is 33.5 Å². The molecule has 1 aliphatic rings. The van der Waals surface area contributed by atoms with Gasteiger partial charge in [-0.2, -0.15) is 5.10 Å². The molecule has 0 atom stereocenters. The Bertz CT molecular complexity index is 881. The highest BCUT2D eigenvalue weighted by atomic mass is 32.1. The van der Waals surface area contributed by atoms with Gasteiger partial charge in [0, 0.05) is 55.9 Å². The van der Waals surface area contributed by atoms with Crippen molar-refractivity contribution in [1.82, 2.24) is 19.6 Å². The molecular weight excluding hydrogens is 394 g/mol. The third-order valence-electron chi connectivity index (χ3n) is 5.18. The van der Waals surface area contributed by atoms with Crippen LogP contribution in [0, 0.1) is 20.8 Å². The molecule has 152 valence electrons. The van der Waals surface area contributed by atoms with Crippen molar-refractivity contribution in [3.63, 3.8) is 0 Å². The van der Waals surface area contributed by atoms with Crippen LogP contribution >= 0.6 is 23.6 Å². The zero-order chi connectivity index (χ0) is 20.4. The number of aromatic nitrogens is 2. The van der Waals surface area contributed by atoms with Crippen LogP contribution in [0.5, 0.6) is 0 Å². The number of rotatable bonds is 4. The lowest BCUT2D eigenvalue weighted by Gasteiger charge is -2.36. The Balaban J connectivity index is 1.58. The largest absolute Gasteiger partial charge is 0.465 e. The lowest BCUT2D eigenvalue weighted by atomic mass is 10.1. The number of nitrogens with zero attached hydrogens (tertiary/aromatic N) is 4. The van der Waals surface area contributed by atoms with E-state index in [0.29, 0.717) is 10.7 Å². The maximum Gasteiger partial charge on any atom is 0.340 e. The van der Waals surface area contributed by atoms with Crippen molar-refractivity contribution in [2.45, 2.75) is 27.3 Å². The van der Waals surface area contributed by atoms with Gasteiger partial charge in [0.2, 0.25) is 0 Å². The van der Waals surface area contributed by atoms with Crippen LogP contribution in [0.25, 0.3) is 0 Å². The Kier molecular flexibility index (Phi) is 6.36. The van der Waals surface area contributed by atoms with E-state index >= 15 is 0 Å². The number of thiocarbonyl (C=S) groups is 1. The minimum atomic E-state index is -0.346. The molecule has 0 unspecified atom stereocenters. The average molecular weight is 422 g/mol. The van der Waals surface area contributed by atoms with E-state index in [1.807, 2.05) is 24.7 Å². The molecule has 0 amide bonds. The number of nitrogens with one attached hydrogen (secondary N) is 1. The Morgan fingerprint density at radius 3 is 2.54 bits per heavy atom. The molecule has 3 heterocycles. The van der Waals surface area contributed by atoms with Crippen LogP contribution in [0.2, 0.25) is 0 Å². The quantitative estimate of drug-likeness (QED) is 0.602. The first-order chi connectivity index (χ1) is 13.3. The fraction of sp³-hybridized carbons (Fsp3) is 0.526. The average Bonchev–Trinajstić information content (AvgIpc) is 3.15. The van der Waals surface area contributed by atoms with E-state index in [0.717, 1.165) is 48.3 Å². The van der Waals surface area contributed by atoms with Gasteiger partial charge in [-0.05, 0) is 39.1 Å². The molecule has 1 fully saturated rings. The van der Waals surface area contributed by atoms with Gasteiger partial charge in [-0.3, -0.25) is 9.58 Å². The summed E-state index contributed by atoms with van der Waals surface area (Å²) in [4.78, 5) is 17.6. The van der Waals surface area contributed by atoms with Crippen LogP contribution in [0.3, 0.4) is 0 Å². The summed E-state index contributed by atoms with van der Waals surface area (Å²) in [6, 6.07) is 1.83. The minimum absolute atomic E-state index is 0.346. The SMILES string of the molecule is COC(=O)c1cc(C)sc1NC(=S)N1CCN(Cc2c(C)nn(C)c2C)CC1. The van der Waals surface area contributed by atoms with Crippen LogP contribution in [-0.4, -0.2) is 64.0 Å². The molecule has 7 nitrogen and oxygen atoms in total. The van der Waals surface area contributed by atoms with Crippen LogP contribution in [0.4, 0.5) is 5.00 Å².